The van der Waals surface area contributed by atoms with Gasteiger partial charge in [0.15, 0.2) is 0 Å². The molecule has 2 heterocycles. The highest BCUT2D eigenvalue weighted by Gasteiger charge is 2.05. The fourth-order valence-electron chi connectivity index (χ4n) is 2.20. The van der Waals surface area contributed by atoms with Gasteiger partial charge in [-0.3, -0.25) is 9.78 Å². The van der Waals surface area contributed by atoms with E-state index >= 15 is 0 Å². The third-order valence-corrected chi connectivity index (χ3v) is 3.27. The first-order chi connectivity index (χ1) is 10.8. The van der Waals surface area contributed by atoms with Crippen LogP contribution in [0.1, 0.15) is 21.6 Å². The third-order valence-electron chi connectivity index (χ3n) is 3.27. The van der Waals surface area contributed by atoms with Crippen molar-refractivity contribution in [1.29, 1.82) is 0 Å². The second kappa shape index (κ2) is 6.67. The highest BCUT2D eigenvalue weighted by Crippen LogP contribution is 2.07. The van der Waals surface area contributed by atoms with Crippen LogP contribution in [-0.4, -0.2) is 20.4 Å². The molecule has 1 aromatic carbocycles. The molecule has 0 unspecified atom stereocenters. The fraction of sp³-hybridized carbons (Fsp3) is 0.118. The van der Waals surface area contributed by atoms with E-state index in [9.17, 15) is 4.79 Å². The van der Waals surface area contributed by atoms with E-state index in [0.29, 0.717) is 12.2 Å². The Labute approximate surface area is 128 Å². The lowest BCUT2D eigenvalue weighted by molar-refractivity contribution is 0.0946. The molecule has 0 spiro atoms. The van der Waals surface area contributed by atoms with Crippen LogP contribution < -0.4 is 5.32 Å². The van der Waals surface area contributed by atoms with E-state index in [-0.39, 0.29) is 5.91 Å². The normalized spacial score (nSPS) is 10.4. The number of amides is 1. The Morgan fingerprint density at radius 2 is 2.00 bits per heavy atom. The van der Waals surface area contributed by atoms with E-state index in [0.717, 1.165) is 12.1 Å². The Kier molecular flexibility index (Phi) is 4.25. The van der Waals surface area contributed by atoms with E-state index < -0.39 is 0 Å². The smallest absolute Gasteiger partial charge is 0.270 e. The number of hydrogen-bond donors (Lipinski definition) is 1. The van der Waals surface area contributed by atoms with Crippen LogP contribution >= 0.6 is 0 Å². The summed E-state index contributed by atoms with van der Waals surface area (Å²) >= 11 is 0. The number of imidazole rings is 1. The lowest BCUT2D eigenvalue weighted by Gasteiger charge is -2.07. The second-order valence-electron chi connectivity index (χ2n) is 4.95. The number of hydrogen-bond acceptors (Lipinski definition) is 3. The Morgan fingerprint density at radius 3 is 2.77 bits per heavy atom. The maximum atomic E-state index is 12.0. The second-order valence-corrected chi connectivity index (χ2v) is 4.95. The zero-order valence-electron chi connectivity index (χ0n) is 12.0. The number of aromatic nitrogens is 3. The quantitative estimate of drug-likeness (QED) is 0.784. The van der Waals surface area contributed by atoms with Crippen molar-refractivity contribution in [1.82, 2.24) is 19.9 Å². The molecule has 0 aliphatic carbocycles. The van der Waals surface area contributed by atoms with Crippen molar-refractivity contribution in [2.45, 2.75) is 13.1 Å². The number of benzene rings is 1. The highest BCUT2D eigenvalue weighted by molar-refractivity contribution is 5.92. The van der Waals surface area contributed by atoms with Crippen LogP contribution in [-0.2, 0) is 13.1 Å². The molecule has 0 aliphatic rings. The molecule has 1 N–H and O–H groups in total. The fourth-order valence-corrected chi connectivity index (χ4v) is 2.20. The first kappa shape index (κ1) is 14.0. The van der Waals surface area contributed by atoms with Gasteiger partial charge in [0.1, 0.15) is 5.69 Å². The maximum absolute atomic E-state index is 12.0. The largest absolute Gasteiger partial charge is 0.347 e. The summed E-state index contributed by atoms with van der Waals surface area (Å²) in [5, 5.41) is 2.88. The summed E-state index contributed by atoms with van der Waals surface area (Å²) in [6, 6.07) is 13.4. The van der Waals surface area contributed by atoms with E-state index in [1.807, 2.05) is 22.9 Å². The zero-order chi connectivity index (χ0) is 15.2. The Hall–Kier alpha value is -2.95. The Bertz CT molecular complexity index is 738. The van der Waals surface area contributed by atoms with E-state index in [1.54, 1.807) is 36.9 Å². The van der Waals surface area contributed by atoms with Crippen molar-refractivity contribution >= 4 is 5.91 Å². The van der Waals surface area contributed by atoms with Gasteiger partial charge in [0.2, 0.25) is 0 Å². The van der Waals surface area contributed by atoms with Crippen LogP contribution in [0.2, 0.25) is 0 Å². The first-order valence-electron chi connectivity index (χ1n) is 7.04. The molecule has 0 aliphatic heterocycles. The molecular formula is C17H16N4O. The molecule has 1 amide bonds. The van der Waals surface area contributed by atoms with E-state index in [2.05, 4.69) is 27.4 Å². The molecule has 110 valence electrons. The minimum Gasteiger partial charge on any atom is -0.347 e. The van der Waals surface area contributed by atoms with Crippen LogP contribution in [0, 0.1) is 0 Å². The molecule has 5 nitrogen and oxygen atoms in total. The predicted molar refractivity (Wildman–Crippen MR) is 83.2 cm³/mol. The first-order valence-corrected chi connectivity index (χ1v) is 7.04. The maximum Gasteiger partial charge on any atom is 0.270 e. The summed E-state index contributed by atoms with van der Waals surface area (Å²) < 4.78 is 2.01. The summed E-state index contributed by atoms with van der Waals surface area (Å²) in [5.41, 5.74) is 2.65. The Morgan fingerprint density at radius 1 is 1.09 bits per heavy atom. The SMILES string of the molecule is O=C(NCc1cccc(Cn2ccnc2)c1)c1ccccn1. The number of carbonyl (C=O) groups is 1. The van der Waals surface area contributed by atoms with E-state index in [4.69, 9.17) is 0 Å². The predicted octanol–water partition coefficient (Wildman–Crippen LogP) is 2.26. The summed E-state index contributed by atoms with van der Waals surface area (Å²) in [4.78, 5) is 20.0. The molecule has 0 bridgehead atoms. The van der Waals surface area contributed by atoms with E-state index in [1.165, 1.54) is 5.56 Å². The van der Waals surface area contributed by atoms with Gasteiger partial charge >= 0.3 is 0 Å². The lowest BCUT2D eigenvalue weighted by Crippen LogP contribution is -2.23. The summed E-state index contributed by atoms with van der Waals surface area (Å²) in [5.74, 6) is -0.166. The van der Waals surface area contributed by atoms with Gasteiger partial charge in [0.05, 0.1) is 6.33 Å². The molecule has 22 heavy (non-hydrogen) atoms. The Balaban J connectivity index is 1.62. The van der Waals surface area contributed by atoms with Gasteiger partial charge in [-0.05, 0) is 23.3 Å². The molecule has 0 fully saturated rings. The number of rotatable bonds is 5. The molecule has 2 aromatic heterocycles. The van der Waals surface area contributed by atoms with Crippen molar-refractivity contribution < 1.29 is 4.79 Å². The van der Waals surface area contributed by atoms with Crippen LogP contribution in [0.15, 0.2) is 67.4 Å². The van der Waals surface area contributed by atoms with Gasteiger partial charge in [0.25, 0.3) is 5.91 Å². The molecule has 0 radical (unpaired) electrons. The monoisotopic (exact) mass is 292 g/mol. The topological polar surface area (TPSA) is 59.8 Å². The summed E-state index contributed by atoms with van der Waals surface area (Å²) in [6.45, 7) is 1.25. The molecule has 0 saturated carbocycles. The molecule has 5 heteroatoms. The lowest BCUT2D eigenvalue weighted by atomic mass is 10.1. The van der Waals surface area contributed by atoms with Gasteiger partial charge in [-0.1, -0.05) is 30.3 Å². The zero-order valence-corrected chi connectivity index (χ0v) is 12.0. The van der Waals surface area contributed by atoms with Crippen LogP contribution in [0.4, 0.5) is 0 Å². The van der Waals surface area contributed by atoms with Gasteiger partial charge in [0, 0.05) is 31.7 Å². The van der Waals surface area contributed by atoms with Crippen molar-refractivity contribution in [3.63, 3.8) is 0 Å². The molecule has 3 aromatic rings. The summed E-state index contributed by atoms with van der Waals surface area (Å²) in [6.07, 6.45) is 7.09. The highest BCUT2D eigenvalue weighted by atomic mass is 16.1. The molecule has 0 saturated heterocycles. The average molecular weight is 292 g/mol. The van der Waals surface area contributed by atoms with Crippen molar-refractivity contribution in [3.8, 4) is 0 Å². The molecule has 3 rings (SSSR count). The number of nitrogens with one attached hydrogen (secondary N) is 1. The number of pyridine rings is 1. The van der Waals surface area contributed by atoms with Crippen molar-refractivity contribution in [2.24, 2.45) is 0 Å². The van der Waals surface area contributed by atoms with Gasteiger partial charge < -0.3 is 9.88 Å². The summed E-state index contributed by atoms with van der Waals surface area (Å²) in [7, 11) is 0. The minimum absolute atomic E-state index is 0.166. The van der Waals surface area contributed by atoms with Gasteiger partial charge in [-0.2, -0.15) is 0 Å². The van der Waals surface area contributed by atoms with Crippen molar-refractivity contribution in [3.05, 3.63) is 84.2 Å². The van der Waals surface area contributed by atoms with Gasteiger partial charge in [-0.25, -0.2) is 4.98 Å². The standard InChI is InChI=1S/C17H16N4O/c22-17(16-6-1-2-7-19-16)20-11-14-4-3-5-15(10-14)12-21-9-8-18-13-21/h1-10,13H,11-12H2,(H,20,22). The van der Waals surface area contributed by atoms with Crippen LogP contribution in [0.3, 0.4) is 0 Å². The molecular weight excluding hydrogens is 276 g/mol. The average Bonchev–Trinajstić information content (AvgIpc) is 3.07. The van der Waals surface area contributed by atoms with Crippen molar-refractivity contribution in [2.75, 3.05) is 0 Å². The number of carbonyl (C=O) groups excluding carboxylic acids is 1. The number of nitrogens with zero attached hydrogens (tertiary/aromatic N) is 3. The molecule has 0 atom stereocenters. The van der Waals surface area contributed by atoms with Crippen LogP contribution in [0.25, 0.3) is 0 Å². The third kappa shape index (κ3) is 3.58. The van der Waals surface area contributed by atoms with Gasteiger partial charge in [-0.15, -0.1) is 0 Å². The van der Waals surface area contributed by atoms with Crippen LogP contribution in [0.5, 0.6) is 0 Å². The minimum atomic E-state index is -0.166.